The van der Waals surface area contributed by atoms with Crippen molar-refractivity contribution in [2.45, 2.75) is 0 Å². The topological polar surface area (TPSA) is 95.8 Å². The van der Waals surface area contributed by atoms with E-state index < -0.39 is 0 Å². The lowest BCUT2D eigenvalue weighted by Gasteiger charge is -2.03. The first-order valence-corrected chi connectivity index (χ1v) is 8.26. The number of carbonyl (C=O) groups excluding carboxylic acids is 1. The number of anilines is 1. The van der Waals surface area contributed by atoms with Gasteiger partial charge in [-0.1, -0.05) is 23.5 Å². The van der Waals surface area contributed by atoms with Gasteiger partial charge in [-0.05, 0) is 35.9 Å². The molecule has 7 nitrogen and oxygen atoms in total. The average Bonchev–Trinajstić information content (AvgIpc) is 3.04. The van der Waals surface area contributed by atoms with Crippen molar-refractivity contribution in [3.63, 3.8) is 0 Å². The fourth-order valence-electron chi connectivity index (χ4n) is 2.10. The van der Waals surface area contributed by atoms with Crippen molar-refractivity contribution in [2.24, 2.45) is 5.10 Å². The summed E-state index contributed by atoms with van der Waals surface area (Å²) >= 11 is 1.49. The molecule has 0 aliphatic carbocycles. The summed E-state index contributed by atoms with van der Waals surface area (Å²) in [7, 11) is 1.46. The molecule has 0 fully saturated rings. The number of rotatable bonds is 6. The maximum Gasteiger partial charge on any atom is 0.259 e. The summed E-state index contributed by atoms with van der Waals surface area (Å²) in [6.45, 7) is 0.0655. The summed E-state index contributed by atoms with van der Waals surface area (Å²) in [6.07, 6.45) is 1.47. The number of thiazole rings is 1. The molecule has 3 aromatic rings. The van der Waals surface area contributed by atoms with E-state index in [-0.39, 0.29) is 18.2 Å². The van der Waals surface area contributed by atoms with Crippen molar-refractivity contribution in [2.75, 3.05) is 19.0 Å². The van der Waals surface area contributed by atoms with E-state index in [0.29, 0.717) is 16.4 Å². The molecule has 0 unspecified atom stereocenters. The number of aromatic nitrogens is 1. The molecule has 2 aromatic carbocycles. The molecule has 128 valence electrons. The van der Waals surface area contributed by atoms with Crippen LogP contribution in [-0.4, -0.2) is 35.9 Å². The smallest absolute Gasteiger partial charge is 0.259 e. The highest BCUT2D eigenvalue weighted by Gasteiger charge is 2.05. The molecule has 0 spiro atoms. The number of nitrogens with one attached hydrogen (secondary N) is 2. The highest BCUT2D eigenvalue weighted by Crippen LogP contribution is 2.26. The summed E-state index contributed by atoms with van der Waals surface area (Å²) in [4.78, 5) is 16.2. The van der Waals surface area contributed by atoms with Crippen molar-refractivity contribution in [1.29, 1.82) is 0 Å². The fraction of sp³-hybridized carbons (Fsp3) is 0.118. The molecule has 0 saturated carbocycles. The Kier molecular flexibility index (Phi) is 5.10. The standard InChI is InChI=1S/C17H16N4O3S/c1-24-14-8-11(6-7-13(14)22)9-19-21-16(23)10-18-17-20-12-4-2-3-5-15(12)25-17/h2-9,22H,10H2,1H3,(H,18,20)(H,21,23)/b19-9+. The van der Waals surface area contributed by atoms with Gasteiger partial charge in [-0.2, -0.15) is 5.10 Å². The number of carbonyl (C=O) groups is 1. The zero-order valence-electron chi connectivity index (χ0n) is 13.4. The Bertz CT molecular complexity index is 890. The van der Waals surface area contributed by atoms with E-state index in [0.717, 1.165) is 10.2 Å². The largest absolute Gasteiger partial charge is 0.504 e. The molecule has 0 aliphatic heterocycles. The van der Waals surface area contributed by atoms with E-state index >= 15 is 0 Å². The summed E-state index contributed by atoms with van der Waals surface area (Å²) < 4.78 is 6.07. The first-order chi connectivity index (χ1) is 12.2. The molecule has 0 bridgehead atoms. The maximum atomic E-state index is 11.8. The predicted molar refractivity (Wildman–Crippen MR) is 98.5 cm³/mol. The summed E-state index contributed by atoms with van der Waals surface area (Å²) in [6, 6.07) is 12.5. The van der Waals surface area contributed by atoms with Crippen LogP contribution in [-0.2, 0) is 4.79 Å². The Morgan fingerprint density at radius 1 is 1.36 bits per heavy atom. The number of methoxy groups -OCH3 is 1. The number of aromatic hydroxyl groups is 1. The van der Waals surface area contributed by atoms with Gasteiger partial charge in [0.2, 0.25) is 0 Å². The van der Waals surface area contributed by atoms with Gasteiger partial charge in [-0.25, -0.2) is 10.4 Å². The second-order valence-electron chi connectivity index (χ2n) is 5.06. The predicted octanol–water partition coefficient (Wildman–Crippen LogP) is 2.57. The van der Waals surface area contributed by atoms with Crippen LogP contribution in [0.3, 0.4) is 0 Å². The third-order valence-electron chi connectivity index (χ3n) is 3.30. The highest BCUT2D eigenvalue weighted by atomic mass is 32.1. The molecule has 3 rings (SSSR count). The van der Waals surface area contributed by atoms with E-state index in [4.69, 9.17) is 4.74 Å². The van der Waals surface area contributed by atoms with Crippen LogP contribution in [0.2, 0.25) is 0 Å². The fourth-order valence-corrected chi connectivity index (χ4v) is 2.96. The van der Waals surface area contributed by atoms with Crippen LogP contribution < -0.4 is 15.5 Å². The van der Waals surface area contributed by atoms with Gasteiger partial charge in [0.15, 0.2) is 16.6 Å². The van der Waals surface area contributed by atoms with Gasteiger partial charge in [0, 0.05) is 0 Å². The number of phenols is 1. The molecule has 1 heterocycles. The second kappa shape index (κ2) is 7.63. The van der Waals surface area contributed by atoms with Gasteiger partial charge in [-0.15, -0.1) is 0 Å². The minimum absolute atomic E-state index is 0.0451. The number of phenolic OH excluding ortho intramolecular Hbond substituents is 1. The van der Waals surface area contributed by atoms with Crippen molar-refractivity contribution in [3.05, 3.63) is 48.0 Å². The Morgan fingerprint density at radius 3 is 3.00 bits per heavy atom. The number of hydrogen-bond acceptors (Lipinski definition) is 7. The number of benzene rings is 2. The molecule has 8 heteroatoms. The quantitative estimate of drug-likeness (QED) is 0.466. The minimum atomic E-state index is -0.291. The SMILES string of the molecule is COc1cc(/C=N/NC(=O)CNc2nc3ccccc3s2)ccc1O. The number of para-hydroxylation sites is 1. The van der Waals surface area contributed by atoms with Gasteiger partial charge < -0.3 is 15.2 Å². The number of nitrogens with zero attached hydrogens (tertiary/aromatic N) is 2. The second-order valence-corrected chi connectivity index (χ2v) is 6.10. The lowest BCUT2D eigenvalue weighted by atomic mass is 10.2. The molecule has 25 heavy (non-hydrogen) atoms. The molecule has 3 N–H and O–H groups in total. The molecule has 0 atom stereocenters. The van der Waals surface area contributed by atoms with Crippen LogP contribution in [0.25, 0.3) is 10.2 Å². The molecule has 1 amide bonds. The third kappa shape index (κ3) is 4.24. The Hall–Kier alpha value is -3.13. The minimum Gasteiger partial charge on any atom is -0.504 e. The molecular weight excluding hydrogens is 340 g/mol. The number of fused-ring (bicyclic) bond motifs is 1. The van der Waals surface area contributed by atoms with Crippen LogP contribution in [0.4, 0.5) is 5.13 Å². The highest BCUT2D eigenvalue weighted by molar-refractivity contribution is 7.22. The van der Waals surface area contributed by atoms with E-state index in [1.54, 1.807) is 12.1 Å². The van der Waals surface area contributed by atoms with Gasteiger partial charge in [0.05, 0.1) is 30.1 Å². The molecular formula is C17H16N4O3S. The van der Waals surface area contributed by atoms with Crippen molar-refractivity contribution in [3.8, 4) is 11.5 Å². The van der Waals surface area contributed by atoms with Crippen LogP contribution in [0, 0.1) is 0 Å². The van der Waals surface area contributed by atoms with Gasteiger partial charge >= 0.3 is 0 Å². The van der Waals surface area contributed by atoms with E-state index in [2.05, 4.69) is 20.8 Å². The molecule has 0 aliphatic rings. The zero-order chi connectivity index (χ0) is 17.6. The molecule has 0 radical (unpaired) electrons. The summed E-state index contributed by atoms with van der Waals surface area (Å²) in [5, 5.41) is 17.1. The zero-order valence-corrected chi connectivity index (χ0v) is 14.2. The number of amides is 1. The maximum absolute atomic E-state index is 11.8. The van der Waals surface area contributed by atoms with Crippen molar-refractivity contribution in [1.82, 2.24) is 10.4 Å². The third-order valence-corrected chi connectivity index (χ3v) is 4.29. The van der Waals surface area contributed by atoms with Crippen molar-refractivity contribution >= 4 is 38.8 Å². The van der Waals surface area contributed by atoms with Crippen LogP contribution in [0.15, 0.2) is 47.6 Å². The first kappa shape index (κ1) is 16.7. The number of hydrogen-bond donors (Lipinski definition) is 3. The summed E-state index contributed by atoms with van der Waals surface area (Å²) in [5.74, 6) is 0.0951. The Balaban J connectivity index is 1.52. The van der Waals surface area contributed by atoms with Crippen LogP contribution in [0.1, 0.15) is 5.56 Å². The lowest BCUT2D eigenvalue weighted by Crippen LogP contribution is -2.25. The van der Waals surface area contributed by atoms with Gasteiger partial charge in [0.25, 0.3) is 5.91 Å². The van der Waals surface area contributed by atoms with Crippen LogP contribution >= 0.6 is 11.3 Å². The molecule has 0 saturated heterocycles. The Morgan fingerprint density at radius 2 is 2.20 bits per heavy atom. The number of ether oxygens (including phenoxy) is 1. The van der Waals surface area contributed by atoms with Crippen molar-refractivity contribution < 1.29 is 14.6 Å². The lowest BCUT2D eigenvalue weighted by molar-refractivity contribution is -0.119. The average molecular weight is 356 g/mol. The van der Waals surface area contributed by atoms with Crippen LogP contribution in [0.5, 0.6) is 11.5 Å². The normalized spacial score (nSPS) is 10.9. The summed E-state index contributed by atoms with van der Waals surface area (Å²) in [5.41, 5.74) is 4.02. The van der Waals surface area contributed by atoms with E-state index in [9.17, 15) is 9.90 Å². The van der Waals surface area contributed by atoms with Gasteiger partial charge in [0.1, 0.15) is 0 Å². The van der Waals surface area contributed by atoms with E-state index in [1.807, 2.05) is 24.3 Å². The first-order valence-electron chi connectivity index (χ1n) is 7.44. The van der Waals surface area contributed by atoms with E-state index in [1.165, 1.54) is 30.7 Å². The molecule has 1 aromatic heterocycles. The van der Waals surface area contributed by atoms with Gasteiger partial charge in [-0.3, -0.25) is 4.79 Å². The monoisotopic (exact) mass is 356 g/mol. The Labute approximate surface area is 148 Å². The number of hydrazone groups is 1.